The normalized spacial score (nSPS) is 19.9. The molecule has 0 radical (unpaired) electrons. The van der Waals surface area contributed by atoms with Crippen LogP contribution in [0.5, 0.6) is 0 Å². The largest absolute Gasteiger partial charge is 0.338 e. The number of amides is 4. The maximum Gasteiger partial charge on any atom is 0.325 e. The predicted molar refractivity (Wildman–Crippen MR) is 55.5 cm³/mol. The zero-order valence-electron chi connectivity index (χ0n) is 9.23. The Balaban J connectivity index is 1.91. The standard InChI is InChI=1S/C10H15N3O3/c1-2-13(7-3-4-7)9(15)6-12-5-8(14)11-10(12)16/h7H,2-6H2,1H3,(H,11,14,16). The summed E-state index contributed by atoms with van der Waals surface area (Å²) in [7, 11) is 0. The molecule has 1 saturated carbocycles. The summed E-state index contributed by atoms with van der Waals surface area (Å²) in [5, 5.41) is 2.15. The first-order chi connectivity index (χ1) is 7.61. The van der Waals surface area contributed by atoms with Gasteiger partial charge in [-0.1, -0.05) is 0 Å². The number of hydrogen-bond acceptors (Lipinski definition) is 3. The number of rotatable bonds is 4. The average molecular weight is 225 g/mol. The molecular weight excluding hydrogens is 210 g/mol. The Morgan fingerprint density at radius 2 is 2.19 bits per heavy atom. The summed E-state index contributed by atoms with van der Waals surface area (Å²) in [6.45, 7) is 2.58. The molecule has 88 valence electrons. The van der Waals surface area contributed by atoms with Crippen LogP contribution in [0.4, 0.5) is 4.79 Å². The lowest BCUT2D eigenvalue weighted by Gasteiger charge is -2.22. The Hall–Kier alpha value is -1.59. The van der Waals surface area contributed by atoms with Gasteiger partial charge in [-0.25, -0.2) is 4.79 Å². The second-order valence-corrected chi connectivity index (χ2v) is 4.12. The fourth-order valence-electron chi connectivity index (χ4n) is 1.89. The van der Waals surface area contributed by atoms with E-state index in [4.69, 9.17) is 0 Å². The van der Waals surface area contributed by atoms with Gasteiger partial charge in [-0.15, -0.1) is 0 Å². The molecule has 0 atom stereocenters. The third-order valence-corrected chi connectivity index (χ3v) is 2.84. The van der Waals surface area contributed by atoms with Gasteiger partial charge in [-0.3, -0.25) is 14.9 Å². The quantitative estimate of drug-likeness (QED) is 0.659. The van der Waals surface area contributed by atoms with Crippen molar-refractivity contribution >= 4 is 17.8 Å². The number of urea groups is 1. The van der Waals surface area contributed by atoms with Crippen molar-refractivity contribution in [1.29, 1.82) is 0 Å². The molecule has 4 amide bonds. The Bertz CT molecular complexity index is 338. The molecule has 0 aromatic rings. The summed E-state index contributed by atoms with van der Waals surface area (Å²) < 4.78 is 0. The van der Waals surface area contributed by atoms with Crippen molar-refractivity contribution in [2.75, 3.05) is 19.6 Å². The van der Waals surface area contributed by atoms with Crippen molar-refractivity contribution in [1.82, 2.24) is 15.1 Å². The van der Waals surface area contributed by atoms with Gasteiger partial charge in [0, 0.05) is 12.6 Å². The fraction of sp³-hybridized carbons (Fsp3) is 0.700. The second kappa shape index (κ2) is 4.11. The molecule has 2 aliphatic rings. The molecule has 1 aliphatic heterocycles. The van der Waals surface area contributed by atoms with Crippen LogP contribution < -0.4 is 5.32 Å². The molecule has 1 heterocycles. The molecule has 1 N–H and O–H groups in total. The van der Waals surface area contributed by atoms with Crippen LogP contribution in [0.15, 0.2) is 0 Å². The Kier molecular flexibility index (Phi) is 2.80. The van der Waals surface area contributed by atoms with E-state index >= 15 is 0 Å². The van der Waals surface area contributed by atoms with Crippen molar-refractivity contribution in [3.8, 4) is 0 Å². The van der Waals surface area contributed by atoms with E-state index in [0.29, 0.717) is 12.6 Å². The minimum atomic E-state index is -0.467. The van der Waals surface area contributed by atoms with E-state index in [-0.39, 0.29) is 24.9 Å². The highest BCUT2D eigenvalue weighted by molar-refractivity contribution is 6.03. The first-order valence-corrected chi connectivity index (χ1v) is 5.50. The van der Waals surface area contributed by atoms with Gasteiger partial charge in [0.15, 0.2) is 0 Å². The summed E-state index contributed by atoms with van der Waals surface area (Å²) in [6.07, 6.45) is 2.09. The van der Waals surface area contributed by atoms with Crippen molar-refractivity contribution < 1.29 is 14.4 Å². The fourth-order valence-corrected chi connectivity index (χ4v) is 1.89. The summed E-state index contributed by atoms with van der Waals surface area (Å²) in [4.78, 5) is 37.0. The first kappa shape index (κ1) is 10.9. The molecular formula is C10H15N3O3. The summed E-state index contributed by atoms with van der Waals surface area (Å²) in [5.74, 6) is -0.415. The average Bonchev–Trinajstić information content (AvgIpc) is 2.97. The lowest BCUT2D eigenvalue weighted by Crippen LogP contribution is -2.42. The molecule has 6 nitrogen and oxygen atoms in total. The zero-order chi connectivity index (χ0) is 11.7. The van der Waals surface area contributed by atoms with Crippen LogP contribution in [0.25, 0.3) is 0 Å². The highest BCUT2D eigenvalue weighted by atomic mass is 16.2. The molecule has 0 aromatic heterocycles. The maximum absolute atomic E-state index is 11.9. The second-order valence-electron chi connectivity index (χ2n) is 4.12. The van der Waals surface area contributed by atoms with Crippen LogP contribution >= 0.6 is 0 Å². The monoisotopic (exact) mass is 225 g/mol. The number of carbonyl (C=O) groups is 3. The first-order valence-electron chi connectivity index (χ1n) is 5.50. The minimum absolute atomic E-state index is 0.00190. The number of nitrogens with one attached hydrogen (secondary N) is 1. The van der Waals surface area contributed by atoms with Gasteiger partial charge in [0.25, 0.3) is 0 Å². The summed E-state index contributed by atoms with van der Waals surface area (Å²) in [5.41, 5.74) is 0. The van der Waals surface area contributed by atoms with Crippen molar-refractivity contribution in [3.05, 3.63) is 0 Å². The number of carbonyl (C=O) groups excluding carboxylic acids is 3. The molecule has 1 aliphatic carbocycles. The SMILES string of the molecule is CCN(C(=O)CN1CC(=O)NC1=O)C1CC1. The van der Waals surface area contributed by atoms with Crippen molar-refractivity contribution in [3.63, 3.8) is 0 Å². The number of nitrogens with zero attached hydrogens (tertiary/aromatic N) is 2. The smallest absolute Gasteiger partial charge is 0.325 e. The van der Waals surface area contributed by atoms with Crippen molar-refractivity contribution in [2.24, 2.45) is 0 Å². The molecule has 1 saturated heterocycles. The molecule has 0 aromatic carbocycles. The highest BCUT2D eigenvalue weighted by Crippen LogP contribution is 2.26. The van der Waals surface area contributed by atoms with E-state index in [1.165, 1.54) is 4.90 Å². The lowest BCUT2D eigenvalue weighted by atomic mass is 10.4. The van der Waals surface area contributed by atoms with Crippen LogP contribution in [0.1, 0.15) is 19.8 Å². The number of hydrogen-bond donors (Lipinski definition) is 1. The third-order valence-electron chi connectivity index (χ3n) is 2.84. The van der Waals surface area contributed by atoms with E-state index < -0.39 is 6.03 Å². The van der Waals surface area contributed by atoms with Gasteiger partial charge in [0.1, 0.15) is 13.1 Å². The number of likely N-dealkylation sites (N-methyl/N-ethyl adjacent to an activating group) is 1. The van der Waals surface area contributed by atoms with Gasteiger partial charge in [-0.2, -0.15) is 0 Å². The zero-order valence-corrected chi connectivity index (χ0v) is 9.23. The van der Waals surface area contributed by atoms with E-state index in [0.717, 1.165) is 12.8 Å². The van der Waals surface area contributed by atoms with E-state index in [1.54, 1.807) is 4.90 Å². The van der Waals surface area contributed by atoms with E-state index in [2.05, 4.69) is 5.32 Å². The van der Waals surface area contributed by atoms with Gasteiger partial charge in [-0.05, 0) is 19.8 Å². The van der Waals surface area contributed by atoms with Gasteiger partial charge < -0.3 is 9.80 Å². The van der Waals surface area contributed by atoms with Gasteiger partial charge >= 0.3 is 6.03 Å². The lowest BCUT2D eigenvalue weighted by molar-refractivity contribution is -0.132. The highest BCUT2D eigenvalue weighted by Gasteiger charge is 2.34. The number of imide groups is 1. The van der Waals surface area contributed by atoms with Crippen LogP contribution in [-0.4, -0.2) is 53.3 Å². The minimum Gasteiger partial charge on any atom is -0.338 e. The van der Waals surface area contributed by atoms with E-state index in [1.807, 2.05) is 6.92 Å². The topological polar surface area (TPSA) is 69.7 Å². The van der Waals surface area contributed by atoms with Gasteiger partial charge in [0.2, 0.25) is 11.8 Å². The van der Waals surface area contributed by atoms with Crippen LogP contribution in [0, 0.1) is 0 Å². The van der Waals surface area contributed by atoms with Crippen LogP contribution in [-0.2, 0) is 9.59 Å². The molecule has 0 spiro atoms. The Morgan fingerprint density at radius 1 is 1.50 bits per heavy atom. The molecule has 6 heteroatoms. The van der Waals surface area contributed by atoms with Crippen LogP contribution in [0.2, 0.25) is 0 Å². The molecule has 0 bridgehead atoms. The molecule has 2 rings (SSSR count). The summed E-state index contributed by atoms with van der Waals surface area (Å²) >= 11 is 0. The molecule has 16 heavy (non-hydrogen) atoms. The Labute approximate surface area is 93.6 Å². The third kappa shape index (κ3) is 2.15. The Morgan fingerprint density at radius 3 is 2.62 bits per heavy atom. The summed E-state index contributed by atoms with van der Waals surface area (Å²) in [6, 6.07) is -0.121. The molecule has 0 unspecified atom stereocenters. The van der Waals surface area contributed by atoms with Crippen LogP contribution in [0.3, 0.4) is 0 Å². The van der Waals surface area contributed by atoms with E-state index in [9.17, 15) is 14.4 Å². The predicted octanol–water partition coefficient (Wildman–Crippen LogP) is -0.451. The molecule has 2 fully saturated rings. The van der Waals surface area contributed by atoms with Crippen molar-refractivity contribution in [2.45, 2.75) is 25.8 Å². The van der Waals surface area contributed by atoms with Gasteiger partial charge in [0.05, 0.1) is 0 Å². The maximum atomic E-state index is 11.9.